The molecule has 0 amide bonds. The first kappa shape index (κ1) is 19.3. The van der Waals surface area contributed by atoms with E-state index >= 15 is 0 Å². The van der Waals surface area contributed by atoms with E-state index in [1.165, 1.54) is 0 Å². The topological polar surface area (TPSA) is 38.8 Å². The average Bonchev–Trinajstić information content (AvgIpc) is 2.55. The highest BCUT2D eigenvalue weighted by molar-refractivity contribution is 9.11. The lowest BCUT2D eigenvalue weighted by Gasteiger charge is -2.17. The minimum Gasteiger partial charge on any atom is -0.494 e. The zero-order valence-electron chi connectivity index (χ0n) is 13.4. The fourth-order valence-corrected chi connectivity index (χ4v) is 4.08. The average molecular weight is 522 g/mol. The summed E-state index contributed by atoms with van der Waals surface area (Å²) in [5.74, 6) is 1.03. The maximum absolute atomic E-state index is 11.4. The third kappa shape index (κ3) is 4.13. The van der Waals surface area contributed by atoms with Gasteiger partial charge in [0.25, 0.3) is 0 Å². The molecule has 0 bridgehead atoms. The highest BCUT2D eigenvalue weighted by Crippen LogP contribution is 2.42. The van der Waals surface area contributed by atoms with Gasteiger partial charge in [0.1, 0.15) is 16.8 Å². The van der Waals surface area contributed by atoms with Crippen LogP contribution in [0.4, 0.5) is 5.69 Å². The predicted octanol–water partition coefficient (Wildman–Crippen LogP) is 5.44. The Bertz CT molecular complexity index is 763. The van der Waals surface area contributed by atoms with Gasteiger partial charge in [-0.2, -0.15) is 0 Å². The van der Waals surface area contributed by atoms with Crippen molar-refractivity contribution in [2.45, 2.75) is 6.61 Å². The van der Waals surface area contributed by atoms with Gasteiger partial charge < -0.3 is 14.4 Å². The highest BCUT2D eigenvalue weighted by Gasteiger charge is 2.18. The Labute approximate surface area is 166 Å². The van der Waals surface area contributed by atoms with E-state index in [0.29, 0.717) is 32.6 Å². The molecule has 0 atom stereocenters. The minimum absolute atomic E-state index is 0.312. The molecule has 0 aliphatic rings. The predicted molar refractivity (Wildman–Crippen MR) is 107 cm³/mol. The van der Waals surface area contributed by atoms with Crippen molar-refractivity contribution in [3.63, 3.8) is 0 Å². The summed E-state index contributed by atoms with van der Waals surface area (Å²) in [4.78, 5) is 13.4. The molecule has 2 aromatic rings. The zero-order chi connectivity index (χ0) is 17.9. The Kier molecular flexibility index (Phi) is 6.71. The number of nitrogens with zero attached hydrogens (tertiary/aromatic N) is 1. The van der Waals surface area contributed by atoms with E-state index in [9.17, 15) is 4.79 Å². The molecule has 0 heterocycles. The van der Waals surface area contributed by atoms with E-state index < -0.39 is 0 Å². The van der Waals surface area contributed by atoms with Crippen molar-refractivity contribution in [1.29, 1.82) is 0 Å². The van der Waals surface area contributed by atoms with Crippen LogP contribution >= 0.6 is 47.8 Å². The van der Waals surface area contributed by atoms with Crippen LogP contribution in [0.15, 0.2) is 37.7 Å². The van der Waals surface area contributed by atoms with E-state index in [1.807, 2.05) is 37.2 Å². The number of rotatable bonds is 6. The normalized spacial score (nSPS) is 10.4. The molecule has 2 aromatic carbocycles. The Hall–Kier alpha value is -1.05. The second kappa shape index (κ2) is 8.36. The van der Waals surface area contributed by atoms with Crippen molar-refractivity contribution in [2.75, 3.05) is 26.1 Å². The number of hydrogen-bond acceptors (Lipinski definition) is 4. The van der Waals surface area contributed by atoms with Crippen LogP contribution in [-0.4, -0.2) is 27.5 Å². The van der Waals surface area contributed by atoms with Crippen LogP contribution < -0.4 is 14.4 Å². The van der Waals surface area contributed by atoms with Crippen molar-refractivity contribution in [3.8, 4) is 11.5 Å². The van der Waals surface area contributed by atoms with Crippen molar-refractivity contribution >= 4 is 59.8 Å². The Morgan fingerprint density at radius 1 is 1.08 bits per heavy atom. The number of benzene rings is 2. The summed E-state index contributed by atoms with van der Waals surface area (Å²) >= 11 is 10.4. The first-order chi connectivity index (χ1) is 11.4. The van der Waals surface area contributed by atoms with Crippen molar-refractivity contribution in [1.82, 2.24) is 0 Å². The number of aldehydes is 1. The number of hydrogen-bond donors (Lipinski definition) is 0. The lowest BCUT2D eigenvalue weighted by molar-refractivity contribution is 0.111. The van der Waals surface area contributed by atoms with E-state index in [4.69, 9.17) is 9.47 Å². The third-order valence-corrected chi connectivity index (χ3v) is 5.49. The van der Waals surface area contributed by atoms with Gasteiger partial charge in [-0.05, 0) is 56.1 Å². The van der Waals surface area contributed by atoms with Crippen molar-refractivity contribution in [3.05, 3.63) is 48.8 Å². The first-order valence-corrected chi connectivity index (χ1v) is 9.36. The summed E-state index contributed by atoms with van der Waals surface area (Å²) in [6, 6.07) is 7.71. The molecule has 0 saturated carbocycles. The number of anilines is 1. The molecule has 7 heteroatoms. The Morgan fingerprint density at radius 2 is 1.79 bits per heavy atom. The van der Waals surface area contributed by atoms with Gasteiger partial charge in [0, 0.05) is 29.8 Å². The van der Waals surface area contributed by atoms with Gasteiger partial charge in [0.15, 0.2) is 12.0 Å². The third-order valence-electron chi connectivity index (χ3n) is 3.41. The quantitative estimate of drug-likeness (QED) is 0.474. The van der Waals surface area contributed by atoms with Crippen LogP contribution in [-0.2, 0) is 6.61 Å². The van der Waals surface area contributed by atoms with Gasteiger partial charge in [-0.3, -0.25) is 4.79 Å². The summed E-state index contributed by atoms with van der Waals surface area (Å²) in [6.45, 7) is 0.312. The molecule has 2 rings (SSSR count). The smallest absolute Gasteiger partial charge is 0.153 e. The Morgan fingerprint density at radius 3 is 2.38 bits per heavy atom. The van der Waals surface area contributed by atoms with Crippen LogP contribution in [0, 0.1) is 0 Å². The van der Waals surface area contributed by atoms with Crippen molar-refractivity contribution in [2.24, 2.45) is 0 Å². The molecule has 0 radical (unpaired) electrons. The molecule has 128 valence electrons. The second-order valence-electron chi connectivity index (χ2n) is 5.20. The number of carbonyl (C=O) groups excluding carboxylic acids is 1. The van der Waals surface area contributed by atoms with Crippen LogP contribution in [0.2, 0.25) is 0 Å². The standard InChI is InChI=1S/C17H16Br3NO3/c1-21(2)12-4-5-13(18)11(6-12)9-24-16-10(8-22)7-14(19)17(23-3)15(16)20/h4-8H,9H2,1-3H3. The molecule has 0 aliphatic heterocycles. The summed E-state index contributed by atoms with van der Waals surface area (Å²) in [5, 5.41) is 0. The van der Waals surface area contributed by atoms with E-state index in [0.717, 1.165) is 22.0 Å². The number of carbonyl (C=O) groups is 1. The molecule has 0 aromatic heterocycles. The fraction of sp³-hybridized carbons (Fsp3) is 0.235. The van der Waals surface area contributed by atoms with Gasteiger partial charge in [-0.25, -0.2) is 0 Å². The van der Waals surface area contributed by atoms with Crippen LogP contribution in [0.3, 0.4) is 0 Å². The number of ether oxygens (including phenoxy) is 2. The first-order valence-electron chi connectivity index (χ1n) is 6.98. The molecule has 0 saturated heterocycles. The summed E-state index contributed by atoms with van der Waals surface area (Å²) in [7, 11) is 5.52. The van der Waals surface area contributed by atoms with Gasteiger partial charge in [0.2, 0.25) is 0 Å². The highest BCUT2D eigenvalue weighted by atomic mass is 79.9. The Balaban J connectivity index is 2.36. The zero-order valence-corrected chi connectivity index (χ0v) is 18.2. The molecular weight excluding hydrogens is 506 g/mol. The fourth-order valence-electron chi connectivity index (χ4n) is 2.12. The maximum atomic E-state index is 11.4. The number of halogens is 3. The molecule has 0 spiro atoms. The largest absolute Gasteiger partial charge is 0.494 e. The van der Waals surface area contributed by atoms with Crippen LogP contribution in [0.25, 0.3) is 0 Å². The molecule has 4 nitrogen and oxygen atoms in total. The second-order valence-corrected chi connectivity index (χ2v) is 7.70. The molecular formula is C17H16Br3NO3. The van der Waals surface area contributed by atoms with E-state index in [2.05, 4.69) is 47.8 Å². The van der Waals surface area contributed by atoms with Crippen LogP contribution in [0.5, 0.6) is 11.5 Å². The SMILES string of the molecule is COc1c(Br)cc(C=O)c(OCc2cc(N(C)C)ccc2Br)c1Br. The summed E-state index contributed by atoms with van der Waals surface area (Å²) < 4.78 is 13.5. The van der Waals surface area contributed by atoms with E-state index in [-0.39, 0.29) is 0 Å². The number of methoxy groups -OCH3 is 1. The molecule has 24 heavy (non-hydrogen) atoms. The molecule has 0 N–H and O–H groups in total. The molecule has 0 fully saturated rings. The summed E-state index contributed by atoms with van der Waals surface area (Å²) in [5.41, 5.74) is 2.49. The molecule has 0 unspecified atom stereocenters. The van der Waals surface area contributed by atoms with Gasteiger partial charge in [-0.1, -0.05) is 15.9 Å². The lowest BCUT2D eigenvalue weighted by atomic mass is 10.2. The van der Waals surface area contributed by atoms with Gasteiger partial charge in [-0.15, -0.1) is 0 Å². The maximum Gasteiger partial charge on any atom is 0.153 e. The van der Waals surface area contributed by atoms with Crippen molar-refractivity contribution < 1.29 is 14.3 Å². The molecule has 0 aliphatic carbocycles. The monoisotopic (exact) mass is 519 g/mol. The van der Waals surface area contributed by atoms with Crippen LogP contribution in [0.1, 0.15) is 15.9 Å². The minimum atomic E-state index is 0.312. The van der Waals surface area contributed by atoms with Gasteiger partial charge >= 0.3 is 0 Å². The van der Waals surface area contributed by atoms with Gasteiger partial charge in [0.05, 0.1) is 17.1 Å². The van der Waals surface area contributed by atoms with E-state index in [1.54, 1.807) is 13.2 Å². The summed E-state index contributed by atoms with van der Waals surface area (Å²) in [6.07, 6.45) is 0.760. The lowest BCUT2D eigenvalue weighted by Crippen LogP contribution is -2.09.